The SMILES string of the molecule is C=C1N(CC2(C)CC(OC#N)CC(C)(C)C2)C(=C)N(CC2(C)CC(C#N)CC(C)(C)C2)C(=O)N1CC1(C)CC(C#N)CC(C)(C)C1. The molecule has 0 radical (unpaired) electrons. The molecule has 0 bridgehead atoms. The lowest BCUT2D eigenvalue weighted by atomic mass is 9.60. The molecule has 4 aliphatic rings. The second kappa shape index (κ2) is 12.1. The Morgan fingerprint density at radius 1 is 0.630 bits per heavy atom. The Morgan fingerprint density at radius 2 is 1.00 bits per heavy atom. The zero-order valence-electron chi connectivity index (χ0n) is 30.1. The molecule has 3 saturated carbocycles. The predicted molar refractivity (Wildman–Crippen MR) is 180 cm³/mol. The van der Waals surface area contributed by atoms with Gasteiger partial charge in [0.2, 0.25) is 0 Å². The van der Waals surface area contributed by atoms with Crippen LogP contribution in [0.3, 0.4) is 0 Å². The molecule has 46 heavy (non-hydrogen) atoms. The third kappa shape index (κ3) is 7.85. The summed E-state index contributed by atoms with van der Waals surface area (Å²) in [6.07, 6.45) is 9.23. The van der Waals surface area contributed by atoms with Gasteiger partial charge in [0, 0.05) is 31.5 Å². The average Bonchev–Trinajstić information content (AvgIpc) is 2.88. The smallest absolute Gasteiger partial charge is 0.331 e. The van der Waals surface area contributed by atoms with Crippen molar-refractivity contribution >= 4 is 6.03 Å². The number of hydrogen-bond acceptors (Lipinski definition) is 6. The van der Waals surface area contributed by atoms with E-state index in [1.807, 2.05) is 16.1 Å². The maximum Gasteiger partial charge on any atom is 0.331 e. The predicted octanol–water partition coefficient (Wildman–Crippen LogP) is 8.76. The molecule has 1 aliphatic heterocycles. The Bertz CT molecular complexity index is 1290. The van der Waals surface area contributed by atoms with Crippen molar-refractivity contribution in [1.82, 2.24) is 14.7 Å². The van der Waals surface area contributed by atoms with Crippen molar-refractivity contribution in [2.75, 3.05) is 19.6 Å². The molecule has 0 aromatic heterocycles. The Kier molecular flexibility index (Phi) is 9.40. The zero-order valence-corrected chi connectivity index (χ0v) is 30.1. The quantitative estimate of drug-likeness (QED) is 0.260. The van der Waals surface area contributed by atoms with Crippen LogP contribution in [0.5, 0.6) is 0 Å². The van der Waals surface area contributed by atoms with Gasteiger partial charge in [0.15, 0.2) is 0 Å². The molecule has 0 aromatic carbocycles. The van der Waals surface area contributed by atoms with E-state index in [1.165, 1.54) is 0 Å². The van der Waals surface area contributed by atoms with Crippen molar-refractivity contribution in [1.29, 1.82) is 15.8 Å². The summed E-state index contributed by atoms with van der Waals surface area (Å²) in [5, 5.41) is 29.3. The molecular weight excluding hydrogens is 572 g/mol. The van der Waals surface area contributed by atoms with Gasteiger partial charge in [0.1, 0.15) is 17.7 Å². The van der Waals surface area contributed by atoms with E-state index in [0.717, 1.165) is 57.8 Å². The molecule has 0 spiro atoms. The molecule has 2 amide bonds. The molecular formula is C38H58N6O2. The van der Waals surface area contributed by atoms with Gasteiger partial charge in [-0.15, -0.1) is 0 Å². The third-order valence-corrected chi connectivity index (χ3v) is 11.2. The Morgan fingerprint density at radius 3 is 1.39 bits per heavy atom. The molecule has 0 aromatic rings. The number of carbonyl (C=O) groups excluding carboxylic acids is 1. The van der Waals surface area contributed by atoms with Gasteiger partial charge in [-0.2, -0.15) is 15.8 Å². The molecule has 8 heteroatoms. The van der Waals surface area contributed by atoms with Gasteiger partial charge >= 0.3 is 6.03 Å². The molecule has 1 heterocycles. The summed E-state index contributed by atoms with van der Waals surface area (Å²) >= 11 is 0. The maximum absolute atomic E-state index is 14.7. The van der Waals surface area contributed by atoms with Crippen LogP contribution in [0, 0.1) is 78.5 Å². The summed E-state index contributed by atoms with van der Waals surface area (Å²) in [4.78, 5) is 20.5. The minimum atomic E-state index is -0.262. The van der Waals surface area contributed by atoms with E-state index in [4.69, 9.17) is 4.74 Å². The standard InChI is InChI=1S/C38H58N6O2/c1-27-42(23-38(11)17-31(46-26-41)16-35(7,8)22-38)28(2)44(25-37(10)15-30(19-40)13-34(5,6)21-37)32(45)43(27)24-36(9)14-29(18-39)12-33(3,4)20-36/h29-31H,1-2,12-17,20-25H2,3-11H3. The van der Waals surface area contributed by atoms with Crippen LogP contribution in [0.25, 0.3) is 0 Å². The maximum atomic E-state index is 14.7. The van der Waals surface area contributed by atoms with Crippen LogP contribution in [-0.2, 0) is 4.74 Å². The molecule has 4 fully saturated rings. The van der Waals surface area contributed by atoms with Gasteiger partial charge in [-0.05, 0) is 90.3 Å². The third-order valence-electron chi connectivity index (χ3n) is 11.2. The molecule has 6 atom stereocenters. The van der Waals surface area contributed by atoms with Gasteiger partial charge in [-0.25, -0.2) is 4.79 Å². The van der Waals surface area contributed by atoms with Gasteiger partial charge in [0.25, 0.3) is 6.26 Å². The summed E-state index contributed by atoms with van der Waals surface area (Å²) in [6, 6.07) is 4.95. The van der Waals surface area contributed by atoms with Crippen LogP contribution >= 0.6 is 0 Å². The van der Waals surface area contributed by atoms with Crippen LogP contribution in [0.4, 0.5) is 4.79 Å². The van der Waals surface area contributed by atoms with Crippen LogP contribution in [0.1, 0.15) is 120 Å². The van der Waals surface area contributed by atoms with E-state index in [2.05, 4.69) is 92.5 Å². The highest BCUT2D eigenvalue weighted by molar-refractivity contribution is 5.79. The van der Waals surface area contributed by atoms with Gasteiger partial charge in [-0.3, -0.25) is 9.80 Å². The minimum absolute atomic E-state index is 0.0130. The number of rotatable bonds is 7. The lowest BCUT2D eigenvalue weighted by Crippen LogP contribution is -2.60. The van der Waals surface area contributed by atoms with Gasteiger partial charge in [-0.1, -0.05) is 75.5 Å². The molecule has 8 nitrogen and oxygen atoms in total. The number of nitriles is 3. The summed E-state index contributed by atoms with van der Waals surface area (Å²) < 4.78 is 5.54. The zero-order chi connectivity index (χ0) is 34.5. The number of ether oxygens (including phenoxy) is 1. The van der Waals surface area contributed by atoms with Crippen molar-refractivity contribution in [3.63, 3.8) is 0 Å². The topological polar surface area (TPSA) is 107 Å². The first-order valence-corrected chi connectivity index (χ1v) is 17.1. The molecule has 4 rings (SSSR count). The highest BCUT2D eigenvalue weighted by Crippen LogP contribution is 2.53. The second-order valence-electron chi connectivity index (χ2n) is 19.0. The fourth-order valence-electron chi connectivity index (χ4n) is 11.0. The molecule has 252 valence electrons. The largest absolute Gasteiger partial charge is 0.424 e. The van der Waals surface area contributed by atoms with Gasteiger partial charge in [0.05, 0.1) is 12.1 Å². The van der Waals surface area contributed by atoms with Crippen molar-refractivity contribution in [2.24, 2.45) is 44.3 Å². The normalized spacial score (nSPS) is 37.2. The number of urea groups is 1. The number of carbonyl (C=O) groups is 1. The highest BCUT2D eigenvalue weighted by Gasteiger charge is 2.51. The van der Waals surface area contributed by atoms with E-state index in [1.54, 1.807) is 0 Å². The molecule has 6 unspecified atom stereocenters. The number of nitrogens with zero attached hydrogens (tertiary/aromatic N) is 6. The number of hydrogen-bond donors (Lipinski definition) is 0. The monoisotopic (exact) mass is 630 g/mol. The van der Waals surface area contributed by atoms with Crippen LogP contribution < -0.4 is 0 Å². The molecule has 1 saturated heterocycles. The Labute approximate surface area is 279 Å². The first kappa shape index (κ1) is 35.7. The van der Waals surface area contributed by atoms with E-state index in [0.29, 0.717) is 31.3 Å². The summed E-state index contributed by atoms with van der Waals surface area (Å²) in [5.41, 5.74) is -0.799. The number of amides is 2. The van der Waals surface area contributed by atoms with E-state index < -0.39 is 0 Å². The lowest BCUT2D eigenvalue weighted by Gasteiger charge is -2.55. The fourth-order valence-corrected chi connectivity index (χ4v) is 11.0. The van der Waals surface area contributed by atoms with E-state index >= 15 is 0 Å². The van der Waals surface area contributed by atoms with E-state index in [-0.39, 0.29) is 56.5 Å². The Hall–Kier alpha value is -3.18. The Balaban J connectivity index is 1.72. The summed E-state index contributed by atoms with van der Waals surface area (Å²) in [7, 11) is 0. The van der Waals surface area contributed by atoms with Crippen molar-refractivity contribution in [3.8, 4) is 18.4 Å². The van der Waals surface area contributed by atoms with Crippen molar-refractivity contribution in [2.45, 2.75) is 126 Å². The first-order valence-electron chi connectivity index (χ1n) is 17.1. The molecule has 3 aliphatic carbocycles. The van der Waals surface area contributed by atoms with Crippen LogP contribution in [0.15, 0.2) is 24.8 Å². The van der Waals surface area contributed by atoms with E-state index in [9.17, 15) is 20.6 Å². The first-order chi connectivity index (χ1) is 21.1. The van der Waals surface area contributed by atoms with Crippen LogP contribution in [0.2, 0.25) is 0 Å². The highest BCUT2D eigenvalue weighted by atomic mass is 16.5. The summed E-state index contributed by atoms with van der Waals surface area (Å²) in [6.45, 7) is 30.7. The van der Waals surface area contributed by atoms with Gasteiger partial charge < -0.3 is 9.64 Å². The minimum Gasteiger partial charge on any atom is -0.424 e. The fraction of sp³-hybridized carbons (Fsp3) is 0.789. The van der Waals surface area contributed by atoms with Crippen LogP contribution in [-0.4, -0.2) is 46.5 Å². The average molecular weight is 631 g/mol. The second-order valence-corrected chi connectivity index (χ2v) is 19.0. The lowest BCUT2D eigenvalue weighted by molar-refractivity contribution is -0.0330. The summed E-state index contributed by atoms with van der Waals surface area (Å²) in [5.74, 6) is 1.12. The molecule has 0 N–H and O–H groups in total. The van der Waals surface area contributed by atoms with Crippen molar-refractivity contribution < 1.29 is 9.53 Å². The van der Waals surface area contributed by atoms with Crippen molar-refractivity contribution in [3.05, 3.63) is 24.8 Å².